The Morgan fingerprint density at radius 1 is 0.871 bits per heavy atom. The molecule has 0 aromatic heterocycles. The van der Waals surface area contributed by atoms with Gasteiger partial charge >= 0.3 is 203 Å². The van der Waals surface area contributed by atoms with E-state index in [0.29, 0.717) is 5.92 Å². The number of hydrogen-bond acceptors (Lipinski definition) is 0. The molecule has 0 bridgehead atoms. The van der Waals surface area contributed by atoms with Gasteiger partial charge in [0.2, 0.25) is 0 Å². The molecular formula is C28H29Cl2Zr. The summed E-state index contributed by atoms with van der Waals surface area (Å²) in [5.74, 6) is 0.592. The topological polar surface area (TPSA) is 0 Å². The Balaban J connectivity index is 1.98. The summed E-state index contributed by atoms with van der Waals surface area (Å²) in [6.07, 6.45) is 5.68. The predicted octanol–water partition coefficient (Wildman–Crippen LogP) is 9.38. The van der Waals surface area contributed by atoms with Crippen LogP contribution in [0.15, 0.2) is 72.3 Å². The summed E-state index contributed by atoms with van der Waals surface area (Å²) in [5, 5.41) is 0. The molecule has 0 radical (unpaired) electrons. The quantitative estimate of drug-likeness (QED) is 0.287. The second-order valence-electron chi connectivity index (χ2n) is 8.80. The van der Waals surface area contributed by atoms with Crippen LogP contribution >= 0.6 is 17.0 Å². The van der Waals surface area contributed by atoms with E-state index < -0.39 is 19.4 Å². The van der Waals surface area contributed by atoms with Crippen LogP contribution in [0.1, 0.15) is 53.9 Å². The summed E-state index contributed by atoms with van der Waals surface area (Å²) in [4.78, 5) is 0. The number of hydrogen-bond donors (Lipinski definition) is 0. The van der Waals surface area contributed by atoms with E-state index in [1.807, 2.05) is 0 Å². The van der Waals surface area contributed by atoms with Crippen molar-refractivity contribution in [1.82, 2.24) is 0 Å². The van der Waals surface area contributed by atoms with Crippen molar-refractivity contribution in [2.75, 3.05) is 0 Å². The van der Waals surface area contributed by atoms with Crippen LogP contribution in [-0.2, 0) is 25.8 Å². The van der Waals surface area contributed by atoms with Crippen molar-refractivity contribution < 1.29 is 19.4 Å². The first-order valence-corrected chi connectivity index (χ1v) is 18.9. The fourth-order valence-electron chi connectivity index (χ4n) is 4.83. The molecule has 0 amide bonds. The first kappa shape index (κ1) is 23.0. The molecule has 31 heavy (non-hydrogen) atoms. The minimum atomic E-state index is -2.53. The molecular weight excluding hydrogens is 498 g/mol. The maximum atomic E-state index is 6.74. The summed E-state index contributed by atoms with van der Waals surface area (Å²) in [6.45, 7) is 6.81. The van der Waals surface area contributed by atoms with Gasteiger partial charge in [0.25, 0.3) is 0 Å². The van der Waals surface area contributed by atoms with E-state index >= 15 is 0 Å². The zero-order valence-corrected chi connectivity index (χ0v) is 22.4. The molecule has 1 atom stereocenters. The van der Waals surface area contributed by atoms with Crippen molar-refractivity contribution in [2.24, 2.45) is 5.92 Å². The van der Waals surface area contributed by atoms with Crippen LogP contribution in [0.5, 0.6) is 0 Å². The molecule has 1 aliphatic rings. The summed E-state index contributed by atoms with van der Waals surface area (Å²) in [6, 6.07) is 24.2. The number of fused-ring (bicyclic) bond motifs is 1. The van der Waals surface area contributed by atoms with Gasteiger partial charge in [-0.25, -0.2) is 0 Å². The molecule has 0 N–H and O–H groups in total. The van der Waals surface area contributed by atoms with Gasteiger partial charge in [0, 0.05) is 0 Å². The van der Waals surface area contributed by atoms with Crippen LogP contribution < -0.4 is 0 Å². The molecule has 0 heterocycles. The Bertz CT molecular complexity index is 1080. The van der Waals surface area contributed by atoms with Gasteiger partial charge in [0.15, 0.2) is 0 Å². The predicted molar refractivity (Wildman–Crippen MR) is 133 cm³/mol. The standard InChI is InChI=1S/C28H29.2ClH.Zr/c1-4-10-23-15-16-24-18-21(17-20(2)3)19-27(24)28(23)26-14-9-8-13-25(26)22-11-6-5-7-12-22;;;/h5-9,11-16,18-20H,4,10,17H2,1-3H3;2*1H;/q;;;+2/p-2. The average molecular weight is 528 g/mol. The Morgan fingerprint density at radius 2 is 1.55 bits per heavy atom. The minimum absolute atomic E-state index is 0.265. The zero-order chi connectivity index (χ0) is 22.0. The number of halogens is 2. The molecule has 0 saturated heterocycles. The molecule has 0 spiro atoms. The molecule has 3 aromatic rings. The Kier molecular flexibility index (Phi) is 7.58. The molecule has 1 unspecified atom stereocenters. The SMILES string of the molecule is CCCc1ccc2c(c1-c1ccccc1-c1ccccc1)C=C(CC(C)C)[CH]2[Zr]([Cl])[Cl]. The van der Waals surface area contributed by atoms with E-state index in [0.717, 1.165) is 19.3 Å². The van der Waals surface area contributed by atoms with E-state index in [1.54, 1.807) is 0 Å². The van der Waals surface area contributed by atoms with Gasteiger partial charge in [-0.15, -0.1) is 0 Å². The number of aryl methyl sites for hydroxylation is 1. The van der Waals surface area contributed by atoms with Gasteiger partial charge in [0.05, 0.1) is 0 Å². The van der Waals surface area contributed by atoms with Crippen LogP contribution in [0.4, 0.5) is 0 Å². The van der Waals surface area contributed by atoms with Crippen LogP contribution in [0.3, 0.4) is 0 Å². The van der Waals surface area contributed by atoms with Crippen molar-refractivity contribution in [1.29, 1.82) is 0 Å². The molecule has 0 nitrogen and oxygen atoms in total. The monoisotopic (exact) mass is 525 g/mol. The first-order chi connectivity index (χ1) is 15.0. The van der Waals surface area contributed by atoms with Crippen LogP contribution in [-0.4, -0.2) is 0 Å². The molecule has 159 valence electrons. The molecule has 3 aromatic carbocycles. The Hall–Kier alpha value is -1.14. The fraction of sp³-hybridized carbons (Fsp3) is 0.286. The molecule has 0 fully saturated rings. The normalized spacial score (nSPS) is 15.2. The second kappa shape index (κ2) is 10.2. The van der Waals surface area contributed by atoms with Gasteiger partial charge in [-0.05, 0) is 0 Å². The molecule has 1 aliphatic carbocycles. The third-order valence-corrected chi connectivity index (χ3v) is 11.4. The van der Waals surface area contributed by atoms with Crippen molar-refractivity contribution in [3.63, 3.8) is 0 Å². The first-order valence-electron chi connectivity index (χ1n) is 11.2. The van der Waals surface area contributed by atoms with Crippen LogP contribution in [0, 0.1) is 5.92 Å². The maximum absolute atomic E-state index is 6.74. The van der Waals surface area contributed by atoms with Gasteiger partial charge in [-0.2, -0.15) is 0 Å². The van der Waals surface area contributed by atoms with Gasteiger partial charge in [-0.3, -0.25) is 0 Å². The molecule has 3 heteroatoms. The second-order valence-corrected chi connectivity index (χ2v) is 17.6. The van der Waals surface area contributed by atoms with E-state index in [-0.39, 0.29) is 3.63 Å². The zero-order valence-electron chi connectivity index (χ0n) is 18.5. The van der Waals surface area contributed by atoms with Crippen molar-refractivity contribution >= 4 is 23.1 Å². The van der Waals surface area contributed by atoms with Gasteiger partial charge in [-0.1, -0.05) is 0 Å². The molecule has 4 rings (SSSR count). The van der Waals surface area contributed by atoms with Gasteiger partial charge in [0.1, 0.15) is 0 Å². The van der Waals surface area contributed by atoms with E-state index in [9.17, 15) is 0 Å². The van der Waals surface area contributed by atoms with Crippen LogP contribution in [0.2, 0.25) is 0 Å². The van der Waals surface area contributed by atoms with Crippen molar-refractivity contribution in [3.8, 4) is 22.3 Å². The summed E-state index contributed by atoms with van der Waals surface area (Å²) < 4.78 is 0.265. The van der Waals surface area contributed by atoms with Gasteiger partial charge < -0.3 is 0 Å². The van der Waals surface area contributed by atoms with E-state index in [2.05, 4.69) is 93.6 Å². The fourth-order valence-corrected chi connectivity index (χ4v) is 10.3. The Labute approximate surface area is 202 Å². The van der Waals surface area contributed by atoms with Crippen molar-refractivity contribution in [2.45, 2.75) is 43.7 Å². The summed E-state index contributed by atoms with van der Waals surface area (Å²) in [5.41, 5.74) is 10.8. The van der Waals surface area contributed by atoms with Crippen LogP contribution in [0.25, 0.3) is 28.3 Å². The number of allylic oxidation sites excluding steroid dienone is 1. The third-order valence-electron chi connectivity index (χ3n) is 6.04. The number of benzene rings is 3. The van der Waals surface area contributed by atoms with Crippen molar-refractivity contribution in [3.05, 3.63) is 89.0 Å². The molecule has 0 saturated carbocycles. The summed E-state index contributed by atoms with van der Waals surface area (Å²) >= 11 is -2.53. The van der Waals surface area contributed by atoms with E-state index in [4.69, 9.17) is 17.0 Å². The average Bonchev–Trinajstić information content (AvgIpc) is 3.12. The Morgan fingerprint density at radius 3 is 2.19 bits per heavy atom. The van der Waals surface area contributed by atoms with E-state index in [1.165, 1.54) is 44.5 Å². The summed E-state index contributed by atoms with van der Waals surface area (Å²) in [7, 11) is 13.5. The molecule has 0 aliphatic heterocycles. The number of rotatable bonds is 7. The third kappa shape index (κ3) is 4.80.